The maximum atomic E-state index is 13.4. The zero-order valence-electron chi connectivity index (χ0n) is 18.1. The van der Waals surface area contributed by atoms with E-state index in [1.54, 1.807) is 6.07 Å². The molecule has 6 heteroatoms. The number of allylic oxidation sites excluding steroid dienone is 3. The molecular formula is C25H27N3O3. The van der Waals surface area contributed by atoms with Gasteiger partial charge in [-0.15, -0.1) is 0 Å². The normalized spacial score (nSPS) is 18.4. The molecule has 31 heavy (non-hydrogen) atoms. The third-order valence-corrected chi connectivity index (χ3v) is 5.67. The lowest BCUT2D eigenvalue weighted by Crippen LogP contribution is -2.35. The van der Waals surface area contributed by atoms with E-state index in [2.05, 4.69) is 15.6 Å². The van der Waals surface area contributed by atoms with E-state index in [0.717, 1.165) is 41.2 Å². The van der Waals surface area contributed by atoms with Crippen molar-refractivity contribution in [2.24, 2.45) is 0 Å². The number of anilines is 1. The fraction of sp³-hybridized carbons (Fsp3) is 0.320. The third kappa shape index (κ3) is 4.24. The van der Waals surface area contributed by atoms with Crippen molar-refractivity contribution >= 4 is 17.5 Å². The molecule has 0 unspecified atom stereocenters. The van der Waals surface area contributed by atoms with E-state index in [4.69, 9.17) is 4.74 Å². The SMILES string of the molecule is CCOc1ccc([C@H]2C(C(=O)Nc3cccc(C)n3)=C(C)NC3=C2C(=O)CCC3)cc1. The summed E-state index contributed by atoms with van der Waals surface area (Å²) in [5, 5.41) is 6.26. The van der Waals surface area contributed by atoms with Gasteiger partial charge in [-0.05, 0) is 63.4 Å². The summed E-state index contributed by atoms with van der Waals surface area (Å²) in [5.41, 5.74) is 4.65. The number of hydrogen-bond acceptors (Lipinski definition) is 5. The van der Waals surface area contributed by atoms with Crippen LogP contribution in [-0.4, -0.2) is 23.3 Å². The number of dihydropyridines is 1. The molecule has 2 heterocycles. The van der Waals surface area contributed by atoms with Crippen LogP contribution in [0.4, 0.5) is 5.82 Å². The van der Waals surface area contributed by atoms with Crippen molar-refractivity contribution in [1.82, 2.24) is 10.3 Å². The van der Waals surface area contributed by atoms with Crippen LogP contribution in [0.25, 0.3) is 0 Å². The highest BCUT2D eigenvalue weighted by molar-refractivity contribution is 6.09. The Kier molecular flexibility index (Phi) is 5.89. The van der Waals surface area contributed by atoms with Crippen molar-refractivity contribution in [2.45, 2.75) is 46.0 Å². The maximum Gasteiger partial charge on any atom is 0.255 e. The Morgan fingerprint density at radius 1 is 1.16 bits per heavy atom. The number of rotatable bonds is 5. The number of ether oxygens (including phenoxy) is 1. The molecule has 0 radical (unpaired) electrons. The average Bonchev–Trinajstić information content (AvgIpc) is 2.74. The molecule has 2 aromatic rings. The van der Waals surface area contributed by atoms with Gasteiger partial charge in [0.25, 0.3) is 5.91 Å². The highest BCUT2D eigenvalue weighted by atomic mass is 16.5. The number of ketones is 1. The number of pyridine rings is 1. The first-order valence-electron chi connectivity index (χ1n) is 10.7. The van der Waals surface area contributed by atoms with Crippen molar-refractivity contribution in [2.75, 3.05) is 11.9 Å². The standard InChI is InChI=1S/C25H27N3O3/c1-4-31-18-13-11-17(12-14-18)23-22(25(30)28-21-10-5-7-15(2)26-21)16(3)27-19-8-6-9-20(29)24(19)23/h5,7,10-14,23,27H,4,6,8-9H2,1-3H3,(H,26,28,30)/t23-/m0/s1. The number of aromatic nitrogens is 1. The highest BCUT2D eigenvalue weighted by Crippen LogP contribution is 2.42. The molecule has 0 spiro atoms. The lowest BCUT2D eigenvalue weighted by Gasteiger charge is -2.34. The maximum absolute atomic E-state index is 13.4. The van der Waals surface area contributed by atoms with Crippen LogP contribution in [0.1, 0.15) is 50.3 Å². The summed E-state index contributed by atoms with van der Waals surface area (Å²) in [6.45, 7) is 6.29. The van der Waals surface area contributed by atoms with E-state index < -0.39 is 5.92 Å². The Morgan fingerprint density at radius 3 is 2.65 bits per heavy atom. The number of carbonyl (C=O) groups is 2. The number of nitrogens with zero attached hydrogens (tertiary/aromatic N) is 1. The number of carbonyl (C=O) groups excluding carboxylic acids is 2. The molecule has 1 aliphatic heterocycles. The zero-order chi connectivity index (χ0) is 22.0. The lowest BCUT2D eigenvalue weighted by atomic mass is 9.75. The summed E-state index contributed by atoms with van der Waals surface area (Å²) in [6.07, 6.45) is 2.13. The predicted octanol–water partition coefficient (Wildman–Crippen LogP) is 4.40. The number of Topliss-reactive ketones (excluding diaryl/α,β-unsaturated/α-hetero) is 1. The van der Waals surface area contributed by atoms with E-state index in [-0.39, 0.29) is 11.7 Å². The van der Waals surface area contributed by atoms with Gasteiger partial charge in [-0.2, -0.15) is 0 Å². The van der Waals surface area contributed by atoms with Crippen LogP contribution < -0.4 is 15.4 Å². The summed E-state index contributed by atoms with van der Waals surface area (Å²) in [4.78, 5) is 30.8. The monoisotopic (exact) mass is 417 g/mol. The Labute approximate surface area is 182 Å². The van der Waals surface area contributed by atoms with Gasteiger partial charge in [0.2, 0.25) is 0 Å². The second kappa shape index (κ2) is 8.76. The van der Waals surface area contributed by atoms with E-state index >= 15 is 0 Å². The number of aryl methyl sites for hydroxylation is 1. The number of benzene rings is 1. The zero-order valence-corrected chi connectivity index (χ0v) is 18.1. The summed E-state index contributed by atoms with van der Waals surface area (Å²) >= 11 is 0. The minimum Gasteiger partial charge on any atom is -0.494 e. The first kappa shape index (κ1) is 20.8. The third-order valence-electron chi connectivity index (χ3n) is 5.67. The van der Waals surface area contributed by atoms with Gasteiger partial charge in [0.1, 0.15) is 11.6 Å². The number of amides is 1. The van der Waals surface area contributed by atoms with Gasteiger partial charge in [0.15, 0.2) is 5.78 Å². The summed E-state index contributed by atoms with van der Waals surface area (Å²) in [6, 6.07) is 13.2. The molecule has 0 saturated carbocycles. The summed E-state index contributed by atoms with van der Waals surface area (Å²) < 4.78 is 5.57. The molecule has 0 fully saturated rings. The van der Waals surface area contributed by atoms with Crippen molar-refractivity contribution in [3.05, 3.63) is 76.3 Å². The molecule has 0 bridgehead atoms. The fourth-order valence-corrected chi connectivity index (χ4v) is 4.34. The van der Waals surface area contributed by atoms with Crippen molar-refractivity contribution in [1.29, 1.82) is 0 Å². The molecule has 2 aliphatic rings. The molecule has 1 aromatic heterocycles. The van der Waals surface area contributed by atoms with Crippen LogP contribution in [0.5, 0.6) is 5.75 Å². The van der Waals surface area contributed by atoms with Gasteiger partial charge in [-0.3, -0.25) is 9.59 Å². The van der Waals surface area contributed by atoms with Gasteiger partial charge in [-0.25, -0.2) is 4.98 Å². The second-order valence-electron chi connectivity index (χ2n) is 7.89. The van der Waals surface area contributed by atoms with Crippen molar-refractivity contribution in [3.63, 3.8) is 0 Å². The molecule has 1 aromatic carbocycles. The van der Waals surface area contributed by atoms with Gasteiger partial charge in [0, 0.05) is 40.6 Å². The Morgan fingerprint density at radius 2 is 1.94 bits per heavy atom. The van der Waals surface area contributed by atoms with Crippen LogP contribution >= 0.6 is 0 Å². The lowest BCUT2D eigenvalue weighted by molar-refractivity contribution is -0.116. The van der Waals surface area contributed by atoms with E-state index in [1.165, 1.54) is 0 Å². The van der Waals surface area contributed by atoms with Crippen LogP contribution in [0.15, 0.2) is 65.0 Å². The Hall–Kier alpha value is -3.41. The van der Waals surface area contributed by atoms with E-state index in [9.17, 15) is 9.59 Å². The van der Waals surface area contributed by atoms with Gasteiger partial charge in [0.05, 0.1) is 6.61 Å². The number of nitrogens with one attached hydrogen (secondary N) is 2. The van der Waals surface area contributed by atoms with Crippen LogP contribution in [-0.2, 0) is 9.59 Å². The van der Waals surface area contributed by atoms with Crippen molar-refractivity contribution < 1.29 is 14.3 Å². The summed E-state index contributed by atoms with van der Waals surface area (Å²) in [5.74, 6) is 0.668. The molecule has 1 aliphatic carbocycles. The first-order valence-corrected chi connectivity index (χ1v) is 10.7. The van der Waals surface area contributed by atoms with E-state index in [0.29, 0.717) is 30.0 Å². The van der Waals surface area contributed by atoms with Gasteiger partial charge in [-0.1, -0.05) is 18.2 Å². The first-order chi connectivity index (χ1) is 15.0. The second-order valence-corrected chi connectivity index (χ2v) is 7.89. The van der Waals surface area contributed by atoms with E-state index in [1.807, 2.05) is 57.2 Å². The molecular weight excluding hydrogens is 390 g/mol. The molecule has 160 valence electrons. The summed E-state index contributed by atoms with van der Waals surface area (Å²) in [7, 11) is 0. The molecule has 1 atom stereocenters. The smallest absolute Gasteiger partial charge is 0.255 e. The Bertz CT molecular complexity index is 1080. The largest absolute Gasteiger partial charge is 0.494 e. The highest BCUT2D eigenvalue weighted by Gasteiger charge is 2.38. The minimum atomic E-state index is -0.426. The quantitative estimate of drug-likeness (QED) is 0.754. The van der Waals surface area contributed by atoms with Crippen LogP contribution in [0.2, 0.25) is 0 Å². The van der Waals surface area contributed by atoms with Gasteiger partial charge >= 0.3 is 0 Å². The topological polar surface area (TPSA) is 80.3 Å². The molecule has 0 saturated heterocycles. The van der Waals surface area contributed by atoms with Crippen LogP contribution in [0.3, 0.4) is 0 Å². The molecule has 1 amide bonds. The van der Waals surface area contributed by atoms with Crippen molar-refractivity contribution in [3.8, 4) is 5.75 Å². The molecule has 4 rings (SSSR count). The average molecular weight is 418 g/mol. The minimum absolute atomic E-state index is 0.0964. The number of hydrogen-bond donors (Lipinski definition) is 2. The van der Waals surface area contributed by atoms with Gasteiger partial charge < -0.3 is 15.4 Å². The molecule has 6 nitrogen and oxygen atoms in total. The van der Waals surface area contributed by atoms with Crippen LogP contribution in [0, 0.1) is 6.92 Å². The molecule has 2 N–H and O–H groups in total. The Balaban J connectivity index is 1.75. The predicted molar refractivity (Wildman–Crippen MR) is 120 cm³/mol. The fourth-order valence-electron chi connectivity index (χ4n) is 4.34.